The summed E-state index contributed by atoms with van der Waals surface area (Å²) in [5.41, 5.74) is 0.974. The van der Waals surface area contributed by atoms with Crippen LogP contribution in [-0.4, -0.2) is 16.5 Å². The molecule has 0 radical (unpaired) electrons. The normalized spacial score (nSPS) is 11.0. The highest BCUT2D eigenvalue weighted by Crippen LogP contribution is 2.14. The van der Waals surface area contributed by atoms with Gasteiger partial charge in [0.25, 0.3) is 5.56 Å². The van der Waals surface area contributed by atoms with E-state index in [-0.39, 0.29) is 11.4 Å². The number of hydrogen-bond acceptors (Lipinski definition) is 3. The van der Waals surface area contributed by atoms with Crippen molar-refractivity contribution in [2.45, 2.75) is 20.4 Å². The van der Waals surface area contributed by atoms with Crippen molar-refractivity contribution in [3.8, 4) is 11.4 Å². The van der Waals surface area contributed by atoms with Crippen LogP contribution >= 0.6 is 0 Å². The Bertz CT molecular complexity index is 637. The lowest BCUT2D eigenvalue weighted by molar-refractivity contribution is 0.548. The summed E-state index contributed by atoms with van der Waals surface area (Å²) in [6.45, 7) is 5.58. The van der Waals surface area contributed by atoms with Crippen LogP contribution in [0.25, 0.3) is 11.4 Å². The molecule has 1 aromatic heterocycles. The lowest BCUT2D eigenvalue weighted by Crippen LogP contribution is -2.21. The Kier molecular flexibility index (Phi) is 4.63. The van der Waals surface area contributed by atoms with Crippen molar-refractivity contribution in [2.75, 3.05) is 6.54 Å². The molecule has 0 unspecified atom stereocenters. The molecule has 5 heteroatoms. The Morgan fingerprint density at radius 2 is 2.15 bits per heavy atom. The van der Waals surface area contributed by atoms with Gasteiger partial charge in [-0.25, -0.2) is 9.37 Å². The molecular formula is C15H18FN3O. The van der Waals surface area contributed by atoms with Crippen molar-refractivity contribution in [1.82, 2.24) is 15.3 Å². The Hall–Kier alpha value is -2.01. The molecular weight excluding hydrogens is 257 g/mol. The van der Waals surface area contributed by atoms with Gasteiger partial charge in [0.05, 0.1) is 5.69 Å². The molecule has 0 saturated carbocycles. The Labute approximate surface area is 117 Å². The van der Waals surface area contributed by atoms with Crippen LogP contribution < -0.4 is 10.9 Å². The highest BCUT2D eigenvalue weighted by atomic mass is 19.1. The van der Waals surface area contributed by atoms with Crippen LogP contribution in [0.4, 0.5) is 4.39 Å². The summed E-state index contributed by atoms with van der Waals surface area (Å²) >= 11 is 0. The van der Waals surface area contributed by atoms with E-state index >= 15 is 0 Å². The van der Waals surface area contributed by atoms with Crippen LogP contribution in [-0.2, 0) is 6.54 Å². The van der Waals surface area contributed by atoms with Crippen LogP contribution in [0.3, 0.4) is 0 Å². The first kappa shape index (κ1) is 14.4. The predicted molar refractivity (Wildman–Crippen MR) is 76.8 cm³/mol. The molecule has 4 nitrogen and oxygen atoms in total. The minimum atomic E-state index is -0.353. The molecule has 106 valence electrons. The van der Waals surface area contributed by atoms with Gasteiger partial charge in [-0.1, -0.05) is 26.0 Å². The number of aromatic amines is 1. The van der Waals surface area contributed by atoms with Gasteiger partial charge in [0.2, 0.25) is 0 Å². The number of nitrogens with one attached hydrogen (secondary N) is 2. The zero-order chi connectivity index (χ0) is 14.5. The average Bonchev–Trinajstić information content (AvgIpc) is 2.37. The second-order valence-corrected chi connectivity index (χ2v) is 5.12. The van der Waals surface area contributed by atoms with Gasteiger partial charge in [0.15, 0.2) is 0 Å². The number of halogens is 1. The molecule has 2 aromatic rings. The van der Waals surface area contributed by atoms with Crippen molar-refractivity contribution < 1.29 is 4.39 Å². The zero-order valence-corrected chi connectivity index (χ0v) is 11.6. The third-order valence-electron chi connectivity index (χ3n) is 2.75. The minimum Gasteiger partial charge on any atom is -0.311 e. The van der Waals surface area contributed by atoms with E-state index in [0.717, 1.165) is 6.54 Å². The molecule has 0 atom stereocenters. The fraction of sp³-hybridized carbons (Fsp3) is 0.333. The van der Waals surface area contributed by atoms with Crippen LogP contribution in [0.15, 0.2) is 35.1 Å². The van der Waals surface area contributed by atoms with E-state index in [1.165, 1.54) is 18.2 Å². The number of H-pyrrole nitrogens is 1. The van der Waals surface area contributed by atoms with E-state index < -0.39 is 0 Å². The number of hydrogen-bond donors (Lipinski definition) is 2. The molecule has 1 heterocycles. The second-order valence-electron chi connectivity index (χ2n) is 5.12. The standard InChI is InChI=1S/C15H18FN3O/c1-10(2)8-17-9-13-7-14(20)19-15(18-13)11-4-3-5-12(16)6-11/h3-7,10,17H,8-9H2,1-2H3,(H,18,19,20). The van der Waals surface area contributed by atoms with Crippen molar-refractivity contribution in [1.29, 1.82) is 0 Å². The molecule has 0 amide bonds. The van der Waals surface area contributed by atoms with Gasteiger partial charge in [-0.05, 0) is 24.6 Å². The monoisotopic (exact) mass is 275 g/mol. The summed E-state index contributed by atoms with van der Waals surface area (Å²) < 4.78 is 13.2. The fourth-order valence-electron chi connectivity index (χ4n) is 1.86. The maximum atomic E-state index is 13.2. The summed E-state index contributed by atoms with van der Waals surface area (Å²) in [4.78, 5) is 18.6. The molecule has 0 fully saturated rings. The van der Waals surface area contributed by atoms with E-state index in [1.54, 1.807) is 12.1 Å². The second kappa shape index (κ2) is 6.43. The van der Waals surface area contributed by atoms with Crippen LogP contribution in [0.1, 0.15) is 19.5 Å². The molecule has 0 saturated heterocycles. The lowest BCUT2D eigenvalue weighted by atomic mass is 10.2. The van der Waals surface area contributed by atoms with E-state index in [2.05, 4.69) is 29.1 Å². The predicted octanol–water partition coefficient (Wildman–Crippen LogP) is 2.32. The third-order valence-corrected chi connectivity index (χ3v) is 2.75. The van der Waals surface area contributed by atoms with Crippen molar-refractivity contribution >= 4 is 0 Å². The average molecular weight is 275 g/mol. The van der Waals surface area contributed by atoms with E-state index in [0.29, 0.717) is 29.5 Å². The highest BCUT2D eigenvalue weighted by molar-refractivity contribution is 5.54. The first-order chi connectivity index (χ1) is 9.54. The van der Waals surface area contributed by atoms with Crippen LogP contribution in [0.5, 0.6) is 0 Å². The summed E-state index contributed by atoms with van der Waals surface area (Å²) in [7, 11) is 0. The molecule has 0 spiro atoms. The molecule has 0 aliphatic carbocycles. The summed E-state index contributed by atoms with van der Waals surface area (Å²) in [6, 6.07) is 7.47. The molecule has 0 aliphatic heterocycles. The van der Waals surface area contributed by atoms with E-state index in [4.69, 9.17) is 0 Å². The van der Waals surface area contributed by atoms with Crippen molar-refractivity contribution in [2.24, 2.45) is 5.92 Å². The summed E-state index contributed by atoms with van der Waals surface area (Å²) in [5.74, 6) is 0.562. The van der Waals surface area contributed by atoms with Gasteiger partial charge in [0.1, 0.15) is 11.6 Å². The maximum Gasteiger partial charge on any atom is 0.251 e. The zero-order valence-electron chi connectivity index (χ0n) is 11.6. The van der Waals surface area contributed by atoms with Gasteiger partial charge >= 0.3 is 0 Å². The molecule has 1 aromatic carbocycles. The first-order valence-electron chi connectivity index (χ1n) is 6.61. The summed E-state index contributed by atoms with van der Waals surface area (Å²) in [6.07, 6.45) is 0. The highest BCUT2D eigenvalue weighted by Gasteiger charge is 2.05. The topological polar surface area (TPSA) is 57.8 Å². The van der Waals surface area contributed by atoms with E-state index in [1.807, 2.05) is 0 Å². The first-order valence-corrected chi connectivity index (χ1v) is 6.61. The largest absolute Gasteiger partial charge is 0.311 e. The summed E-state index contributed by atoms with van der Waals surface area (Å²) in [5, 5.41) is 3.23. The molecule has 2 N–H and O–H groups in total. The van der Waals surface area contributed by atoms with Gasteiger partial charge in [-0.15, -0.1) is 0 Å². The number of rotatable bonds is 5. The Morgan fingerprint density at radius 3 is 2.85 bits per heavy atom. The van der Waals surface area contributed by atoms with Gasteiger partial charge in [0, 0.05) is 18.2 Å². The lowest BCUT2D eigenvalue weighted by Gasteiger charge is -2.08. The van der Waals surface area contributed by atoms with Gasteiger partial charge in [-0.3, -0.25) is 4.79 Å². The fourth-order valence-corrected chi connectivity index (χ4v) is 1.86. The van der Waals surface area contributed by atoms with Crippen LogP contribution in [0, 0.1) is 11.7 Å². The number of aromatic nitrogens is 2. The van der Waals surface area contributed by atoms with Gasteiger partial charge in [-0.2, -0.15) is 0 Å². The number of nitrogens with zero attached hydrogens (tertiary/aromatic N) is 1. The molecule has 0 aliphatic rings. The third kappa shape index (κ3) is 3.99. The van der Waals surface area contributed by atoms with Gasteiger partial charge < -0.3 is 10.3 Å². The minimum absolute atomic E-state index is 0.236. The Morgan fingerprint density at radius 1 is 1.35 bits per heavy atom. The van der Waals surface area contributed by atoms with Crippen molar-refractivity contribution in [3.05, 3.63) is 52.2 Å². The maximum absolute atomic E-state index is 13.2. The van der Waals surface area contributed by atoms with E-state index in [9.17, 15) is 9.18 Å². The smallest absolute Gasteiger partial charge is 0.251 e. The molecule has 2 rings (SSSR count). The quantitative estimate of drug-likeness (QED) is 0.880. The Balaban J connectivity index is 2.22. The SMILES string of the molecule is CC(C)CNCc1cc(=O)[nH]c(-c2cccc(F)c2)n1. The molecule has 20 heavy (non-hydrogen) atoms. The van der Waals surface area contributed by atoms with Crippen LogP contribution in [0.2, 0.25) is 0 Å². The molecule has 0 bridgehead atoms. The van der Waals surface area contributed by atoms with Crippen molar-refractivity contribution in [3.63, 3.8) is 0 Å². The number of benzene rings is 1.